The second-order valence-electron chi connectivity index (χ2n) is 10.7. The molecule has 2 aromatic carbocycles. The molecule has 0 spiro atoms. The molecule has 43 heavy (non-hydrogen) atoms. The maximum Gasteiger partial charge on any atom is 0.273 e. The molecule has 2 N–H and O–H groups in total. The van der Waals surface area contributed by atoms with Crippen LogP contribution in [0.5, 0.6) is 5.75 Å². The van der Waals surface area contributed by atoms with Gasteiger partial charge in [0.15, 0.2) is 5.11 Å². The number of nitro groups is 1. The molecule has 222 valence electrons. The summed E-state index contributed by atoms with van der Waals surface area (Å²) in [6.45, 7) is 8.34. The normalized spacial score (nSPS) is 16.2. The number of ether oxygens (including phenoxy) is 1. The zero-order valence-electron chi connectivity index (χ0n) is 24.7. The second-order valence-corrected chi connectivity index (χ2v) is 11.1. The van der Waals surface area contributed by atoms with Crippen molar-refractivity contribution >= 4 is 34.6 Å². The number of nitrogens with zero attached hydrogens (tertiary/aromatic N) is 4. The van der Waals surface area contributed by atoms with E-state index in [1.807, 2.05) is 68.7 Å². The number of benzene rings is 2. The van der Waals surface area contributed by atoms with Crippen molar-refractivity contribution in [2.45, 2.75) is 46.2 Å². The minimum atomic E-state index is -0.440. The summed E-state index contributed by atoms with van der Waals surface area (Å²) < 4.78 is 7.60. The van der Waals surface area contributed by atoms with Gasteiger partial charge in [-0.1, -0.05) is 18.2 Å². The number of thiocarbonyl (C=S) groups is 1. The number of aromatic nitrogens is 2. The SMILES string of the molecule is COc1cc([N+](=O)[O-])ccc1-n1c(C)cc([C@@H]2[C@H](c3ccccn3)NC(=S)N2CCC(=O)Nc2cc(C)ccc2C)c1C. The summed E-state index contributed by atoms with van der Waals surface area (Å²) in [4.78, 5) is 30.7. The molecule has 4 aromatic rings. The zero-order chi connectivity index (χ0) is 30.8. The van der Waals surface area contributed by atoms with Crippen molar-refractivity contribution in [1.82, 2.24) is 19.8 Å². The van der Waals surface area contributed by atoms with Crippen LogP contribution in [0, 0.1) is 37.8 Å². The van der Waals surface area contributed by atoms with Gasteiger partial charge >= 0.3 is 0 Å². The topological polar surface area (TPSA) is 115 Å². The van der Waals surface area contributed by atoms with Gasteiger partial charge in [-0.25, -0.2) is 0 Å². The van der Waals surface area contributed by atoms with Gasteiger partial charge in [-0.05, 0) is 86.9 Å². The molecule has 2 atom stereocenters. The molecule has 2 aromatic heterocycles. The maximum atomic E-state index is 13.1. The smallest absolute Gasteiger partial charge is 0.273 e. The second kappa shape index (κ2) is 12.2. The molecule has 1 saturated heterocycles. The number of non-ortho nitro benzene ring substituents is 1. The van der Waals surface area contributed by atoms with Gasteiger partial charge in [-0.3, -0.25) is 19.9 Å². The highest BCUT2D eigenvalue weighted by atomic mass is 32.1. The van der Waals surface area contributed by atoms with Crippen molar-refractivity contribution in [3.05, 3.63) is 111 Å². The monoisotopic (exact) mass is 598 g/mol. The average molecular weight is 599 g/mol. The number of hydrogen-bond acceptors (Lipinski definition) is 6. The van der Waals surface area contributed by atoms with Crippen LogP contribution in [0.25, 0.3) is 5.69 Å². The quantitative estimate of drug-likeness (QED) is 0.137. The lowest BCUT2D eigenvalue weighted by Gasteiger charge is -2.28. The Labute approximate surface area is 255 Å². The van der Waals surface area contributed by atoms with E-state index in [-0.39, 0.29) is 30.1 Å². The molecule has 1 amide bonds. The van der Waals surface area contributed by atoms with E-state index in [2.05, 4.69) is 26.6 Å². The summed E-state index contributed by atoms with van der Waals surface area (Å²) in [6.07, 6.45) is 1.98. The summed E-state index contributed by atoms with van der Waals surface area (Å²) in [6, 6.07) is 17.9. The molecule has 0 aliphatic carbocycles. The molecule has 3 heterocycles. The molecule has 0 radical (unpaired) electrons. The molecule has 11 heteroatoms. The van der Waals surface area contributed by atoms with E-state index >= 15 is 0 Å². The third-order valence-corrected chi connectivity index (χ3v) is 8.20. The molecular formula is C32H34N6O4S. The number of carbonyl (C=O) groups excluding carboxylic acids is 1. The Balaban J connectivity index is 1.50. The van der Waals surface area contributed by atoms with Crippen LogP contribution in [0.4, 0.5) is 11.4 Å². The highest BCUT2D eigenvalue weighted by molar-refractivity contribution is 7.80. The fraction of sp³-hybridized carbons (Fsp3) is 0.281. The number of aryl methyl sites for hydroxylation is 3. The number of carbonyl (C=O) groups is 1. The van der Waals surface area contributed by atoms with Gasteiger partial charge < -0.3 is 24.8 Å². The van der Waals surface area contributed by atoms with Gasteiger partial charge in [0.2, 0.25) is 5.91 Å². The number of methoxy groups -OCH3 is 1. The number of nitrogens with one attached hydrogen (secondary N) is 2. The highest BCUT2D eigenvalue weighted by Crippen LogP contribution is 2.42. The Kier molecular flexibility index (Phi) is 8.45. The Bertz CT molecular complexity index is 1700. The van der Waals surface area contributed by atoms with Crippen molar-refractivity contribution in [2.75, 3.05) is 19.0 Å². The van der Waals surface area contributed by atoms with Gasteiger partial charge in [0.1, 0.15) is 5.75 Å². The van der Waals surface area contributed by atoms with E-state index in [0.29, 0.717) is 23.1 Å². The van der Waals surface area contributed by atoms with Crippen molar-refractivity contribution in [3.63, 3.8) is 0 Å². The Morgan fingerprint density at radius 3 is 2.60 bits per heavy atom. The Hall–Kier alpha value is -4.77. The van der Waals surface area contributed by atoms with Gasteiger partial charge in [-0.2, -0.15) is 0 Å². The predicted molar refractivity (Wildman–Crippen MR) is 170 cm³/mol. The third kappa shape index (κ3) is 5.94. The molecule has 0 bridgehead atoms. The van der Waals surface area contributed by atoms with E-state index in [0.717, 1.165) is 39.5 Å². The van der Waals surface area contributed by atoms with Crippen LogP contribution >= 0.6 is 12.2 Å². The van der Waals surface area contributed by atoms with E-state index in [4.69, 9.17) is 17.0 Å². The minimum absolute atomic E-state index is 0.0471. The first kappa shape index (κ1) is 29.7. The van der Waals surface area contributed by atoms with Crippen molar-refractivity contribution in [3.8, 4) is 11.4 Å². The summed E-state index contributed by atoms with van der Waals surface area (Å²) in [5, 5.41) is 18.4. The molecule has 1 aliphatic heterocycles. The average Bonchev–Trinajstić information content (AvgIpc) is 3.47. The van der Waals surface area contributed by atoms with Crippen LogP contribution in [0.3, 0.4) is 0 Å². The molecule has 5 rings (SSSR count). The van der Waals surface area contributed by atoms with Gasteiger partial charge in [-0.15, -0.1) is 0 Å². The largest absolute Gasteiger partial charge is 0.494 e. The predicted octanol–water partition coefficient (Wildman–Crippen LogP) is 6.02. The third-order valence-electron chi connectivity index (χ3n) is 7.85. The summed E-state index contributed by atoms with van der Waals surface area (Å²) in [7, 11) is 1.50. The summed E-state index contributed by atoms with van der Waals surface area (Å²) in [5.74, 6) is 0.293. The first-order valence-electron chi connectivity index (χ1n) is 14.0. The number of nitro benzene ring substituents is 1. The van der Waals surface area contributed by atoms with E-state index < -0.39 is 4.92 Å². The Morgan fingerprint density at radius 2 is 1.91 bits per heavy atom. The van der Waals surface area contributed by atoms with Crippen molar-refractivity contribution in [2.24, 2.45) is 0 Å². The zero-order valence-corrected chi connectivity index (χ0v) is 25.6. The summed E-state index contributed by atoms with van der Waals surface area (Å²) >= 11 is 5.83. The number of hydrogen-bond donors (Lipinski definition) is 2. The van der Waals surface area contributed by atoms with E-state index in [9.17, 15) is 14.9 Å². The fourth-order valence-corrected chi connectivity index (χ4v) is 6.04. The molecule has 1 fully saturated rings. The van der Waals surface area contributed by atoms with Crippen LogP contribution in [-0.2, 0) is 4.79 Å². The van der Waals surface area contributed by atoms with Crippen molar-refractivity contribution in [1.29, 1.82) is 0 Å². The molecule has 1 aliphatic rings. The minimum Gasteiger partial charge on any atom is -0.494 e. The van der Waals surface area contributed by atoms with Crippen LogP contribution in [0.2, 0.25) is 0 Å². The highest BCUT2D eigenvalue weighted by Gasteiger charge is 2.41. The van der Waals surface area contributed by atoms with E-state index in [1.165, 1.54) is 19.2 Å². The van der Waals surface area contributed by atoms with Crippen LogP contribution in [0.1, 0.15) is 52.3 Å². The van der Waals surface area contributed by atoms with Crippen LogP contribution in [0.15, 0.2) is 66.9 Å². The summed E-state index contributed by atoms with van der Waals surface area (Å²) in [5.41, 5.74) is 7.19. The Morgan fingerprint density at radius 1 is 1.12 bits per heavy atom. The molecule has 10 nitrogen and oxygen atoms in total. The molecule has 0 saturated carbocycles. The van der Waals surface area contributed by atoms with Crippen LogP contribution < -0.4 is 15.4 Å². The van der Waals surface area contributed by atoms with Crippen molar-refractivity contribution < 1.29 is 14.5 Å². The number of rotatable bonds is 9. The van der Waals surface area contributed by atoms with Gasteiger partial charge in [0.05, 0.1) is 41.6 Å². The lowest BCUT2D eigenvalue weighted by molar-refractivity contribution is -0.384. The van der Waals surface area contributed by atoms with Crippen LogP contribution in [-0.4, -0.2) is 44.0 Å². The molecule has 0 unspecified atom stereocenters. The lowest BCUT2D eigenvalue weighted by atomic mass is 9.96. The molecular weight excluding hydrogens is 564 g/mol. The van der Waals surface area contributed by atoms with E-state index in [1.54, 1.807) is 12.3 Å². The maximum absolute atomic E-state index is 13.1. The standard InChI is InChI=1S/C32H34N6O4S/c1-19-9-10-20(2)26(16-19)34-29(39)13-15-36-31(30(35-32(36)43)25-8-6-7-14-33-25)24-17-21(3)37(22(24)4)27-12-11-23(38(40)41)18-28(27)42-5/h6-12,14,16-18,30-31H,13,15H2,1-5H3,(H,34,39)(H,35,43)/t30-,31+/m0/s1. The van der Waals surface area contributed by atoms with Gasteiger partial charge in [0.25, 0.3) is 5.69 Å². The number of anilines is 1. The number of amides is 1. The lowest BCUT2D eigenvalue weighted by Crippen LogP contribution is -2.33. The van der Waals surface area contributed by atoms with Gasteiger partial charge in [0, 0.05) is 42.3 Å². The fourth-order valence-electron chi connectivity index (χ4n) is 5.71. The number of pyridine rings is 1. The first-order valence-corrected chi connectivity index (χ1v) is 14.4. The first-order chi connectivity index (χ1) is 20.6.